The van der Waals surface area contributed by atoms with Crippen molar-refractivity contribution in [3.63, 3.8) is 0 Å². The Morgan fingerprint density at radius 3 is 2.68 bits per heavy atom. The van der Waals surface area contributed by atoms with Gasteiger partial charge in [-0.15, -0.1) is 0 Å². The van der Waals surface area contributed by atoms with E-state index in [2.05, 4.69) is 31.2 Å². The maximum absolute atomic E-state index is 12.5. The van der Waals surface area contributed by atoms with Crippen LogP contribution in [-0.4, -0.2) is 22.3 Å². The van der Waals surface area contributed by atoms with Gasteiger partial charge in [0.15, 0.2) is 0 Å². The van der Waals surface area contributed by atoms with Crippen molar-refractivity contribution >= 4 is 11.6 Å². The molecule has 0 spiro atoms. The number of amides is 1. The standard InChI is InChI=1S/C20H29N3O2/c1-6-11-25-19-10-8-7-9-18(19)21-20(24)12-17-15(4)22-23(16(17)5)13-14(2)3/h7-10,14H,6,11-13H2,1-5H3,(H,21,24). The van der Waals surface area contributed by atoms with E-state index < -0.39 is 0 Å². The highest BCUT2D eigenvalue weighted by Gasteiger charge is 2.16. The maximum Gasteiger partial charge on any atom is 0.229 e. The summed E-state index contributed by atoms with van der Waals surface area (Å²) in [5, 5.41) is 7.55. The number of para-hydroxylation sites is 2. The molecule has 0 bridgehead atoms. The number of anilines is 1. The SMILES string of the molecule is CCCOc1ccccc1NC(=O)Cc1c(C)nn(CC(C)C)c1C. The van der Waals surface area contributed by atoms with Gasteiger partial charge in [0.05, 0.1) is 24.4 Å². The van der Waals surface area contributed by atoms with Crippen LogP contribution < -0.4 is 10.1 Å². The summed E-state index contributed by atoms with van der Waals surface area (Å²) in [7, 11) is 0. The molecule has 25 heavy (non-hydrogen) atoms. The van der Waals surface area contributed by atoms with E-state index in [1.54, 1.807) is 0 Å². The van der Waals surface area contributed by atoms with E-state index in [1.165, 1.54) is 0 Å². The largest absolute Gasteiger partial charge is 0.491 e. The van der Waals surface area contributed by atoms with E-state index in [9.17, 15) is 4.79 Å². The first kappa shape index (κ1) is 19.0. The van der Waals surface area contributed by atoms with Crippen LogP contribution in [0.2, 0.25) is 0 Å². The van der Waals surface area contributed by atoms with Crippen LogP contribution in [0.25, 0.3) is 0 Å². The molecule has 2 aromatic rings. The molecule has 0 aliphatic rings. The van der Waals surface area contributed by atoms with E-state index >= 15 is 0 Å². The summed E-state index contributed by atoms with van der Waals surface area (Å²) in [6, 6.07) is 7.55. The number of carbonyl (C=O) groups is 1. The highest BCUT2D eigenvalue weighted by atomic mass is 16.5. The molecule has 0 radical (unpaired) electrons. The van der Waals surface area contributed by atoms with Crippen LogP contribution in [-0.2, 0) is 17.8 Å². The molecule has 1 aromatic heterocycles. The van der Waals surface area contributed by atoms with Gasteiger partial charge in [0.25, 0.3) is 0 Å². The molecule has 2 rings (SSSR count). The average molecular weight is 343 g/mol. The molecule has 0 aliphatic heterocycles. The smallest absolute Gasteiger partial charge is 0.229 e. The molecule has 1 N–H and O–H groups in total. The number of carbonyl (C=O) groups excluding carboxylic acids is 1. The number of benzene rings is 1. The molecule has 0 aliphatic carbocycles. The molecule has 5 nitrogen and oxygen atoms in total. The monoisotopic (exact) mass is 343 g/mol. The van der Waals surface area contributed by atoms with E-state index in [-0.39, 0.29) is 5.91 Å². The zero-order chi connectivity index (χ0) is 18.4. The minimum Gasteiger partial charge on any atom is -0.491 e. The Morgan fingerprint density at radius 1 is 1.28 bits per heavy atom. The van der Waals surface area contributed by atoms with E-state index in [1.807, 2.05) is 42.8 Å². The number of hydrogen-bond acceptors (Lipinski definition) is 3. The van der Waals surface area contributed by atoms with Crippen molar-refractivity contribution in [3.8, 4) is 5.75 Å². The van der Waals surface area contributed by atoms with Crippen LogP contribution in [0.3, 0.4) is 0 Å². The molecule has 0 saturated carbocycles. The fourth-order valence-corrected chi connectivity index (χ4v) is 2.78. The van der Waals surface area contributed by atoms with Crippen LogP contribution in [0.15, 0.2) is 24.3 Å². The van der Waals surface area contributed by atoms with Crippen LogP contribution in [0, 0.1) is 19.8 Å². The zero-order valence-corrected chi connectivity index (χ0v) is 15.9. The Kier molecular flexibility index (Phi) is 6.62. The lowest BCUT2D eigenvalue weighted by Gasteiger charge is -2.12. The summed E-state index contributed by atoms with van der Waals surface area (Å²) >= 11 is 0. The fraction of sp³-hybridized carbons (Fsp3) is 0.500. The molecule has 0 atom stereocenters. The molecule has 1 aromatic carbocycles. The number of aromatic nitrogens is 2. The van der Waals surface area contributed by atoms with Crippen LogP contribution in [0.4, 0.5) is 5.69 Å². The Balaban J connectivity index is 2.10. The maximum atomic E-state index is 12.5. The minimum absolute atomic E-state index is 0.0529. The van der Waals surface area contributed by atoms with Crippen molar-refractivity contribution < 1.29 is 9.53 Å². The van der Waals surface area contributed by atoms with Gasteiger partial charge in [-0.25, -0.2) is 0 Å². The first-order chi connectivity index (χ1) is 11.9. The van der Waals surface area contributed by atoms with Crippen molar-refractivity contribution in [2.75, 3.05) is 11.9 Å². The number of hydrogen-bond donors (Lipinski definition) is 1. The Labute approximate surface area is 150 Å². The van der Waals surface area contributed by atoms with Gasteiger partial charge in [-0.3, -0.25) is 9.48 Å². The van der Waals surface area contributed by atoms with Crippen molar-refractivity contribution in [3.05, 3.63) is 41.2 Å². The average Bonchev–Trinajstić information content (AvgIpc) is 2.81. The van der Waals surface area contributed by atoms with Gasteiger partial charge in [0.2, 0.25) is 5.91 Å². The van der Waals surface area contributed by atoms with Gasteiger partial charge in [-0.05, 0) is 38.3 Å². The second-order valence-corrected chi connectivity index (χ2v) is 6.79. The summed E-state index contributed by atoms with van der Waals surface area (Å²) in [5.41, 5.74) is 3.71. The Hall–Kier alpha value is -2.30. The Morgan fingerprint density at radius 2 is 2.00 bits per heavy atom. The van der Waals surface area contributed by atoms with Crippen molar-refractivity contribution in [2.24, 2.45) is 5.92 Å². The van der Waals surface area contributed by atoms with Gasteiger partial charge in [-0.1, -0.05) is 32.9 Å². The molecule has 0 saturated heterocycles. The number of rotatable bonds is 8. The summed E-state index contributed by atoms with van der Waals surface area (Å²) in [6.45, 7) is 11.9. The van der Waals surface area contributed by atoms with E-state index in [0.29, 0.717) is 30.4 Å². The highest BCUT2D eigenvalue weighted by Crippen LogP contribution is 2.24. The second-order valence-electron chi connectivity index (χ2n) is 6.79. The third-order valence-corrected chi connectivity index (χ3v) is 4.03. The lowest BCUT2D eigenvalue weighted by molar-refractivity contribution is -0.115. The summed E-state index contributed by atoms with van der Waals surface area (Å²) in [5.74, 6) is 1.17. The minimum atomic E-state index is -0.0529. The van der Waals surface area contributed by atoms with Crippen LogP contribution in [0.1, 0.15) is 44.1 Å². The van der Waals surface area contributed by atoms with Gasteiger partial charge in [0.1, 0.15) is 5.75 Å². The summed E-state index contributed by atoms with van der Waals surface area (Å²) in [4.78, 5) is 12.5. The predicted molar refractivity (Wildman–Crippen MR) is 101 cm³/mol. The molecule has 1 amide bonds. The van der Waals surface area contributed by atoms with Gasteiger partial charge < -0.3 is 10.1 Å². The number of nitrogens with zero attached hydrogens (tertiary/aromatic N) is 2. The number of aryl methyl sites for hydroxylation is 1. The topological polar surface area (TPSA) is 56.1 Å². The van der Waals surface area contributed by atoms with Crippen molar-refractivity contribution in [1.29, 1.82) is 0 Å². The van der Waals surface area contributed by atoms with E-state index in [4.69, 9.17) is 4.74 Å². The van der Waals surface area contributed by atoms with Crippen molar-refractivity contribution in [1.82, 2.24) is 9.78 Å². The first-order valence-corrected chi connectivity index (χ1v) is 8.96. The first-order valence-electron chi connectivity index (χ1n) is 8.96. The normalized spacial score (nSPS) is 11.0. The number of ether oxygens (including phenoxy) is 1. The van der Waals surface area contributed by atoms with Gasteiger partial charge in [0, 0.05) is 17.8 Å². The Bertz CT molecular complexity index is 720. The molecular weight excluding hydrogens is 314 g/mol. The molecule has 5 heteroatoms. The molecule has 0 unspecified atom stereocenters. The molecule has 136 valence electrons. The van der Waals surface area contributed by atoms with Gasteiger partial charge in [-0.2, -0.15) is 5.10 Å². The zero-order valence-electron chi connectivity index (χ0n) is 15.9. The van der Waals surface area contributed by atoms with Crippen LogP contribution >= 0.6 is 0 Å². The third kappa shape index (κ3) is 5.08. The van der Waals surface area contributed by atoms with E-state index in [0.717, 1.165) is 29.9 Å². The molecule has 0 fully saturated rings. The number of nitrogens with one attached hydrogen (secondary N) is 1. The summed E-state index contributed by atoms with van der Waals surface area (Å²) < 4.78 is 7.70. The quantitative estimate of drug-likeness (QED) is 0.784. The second kappa shape index (κ2) is 8.70. The third-order valence-electron chi connectivity index (χ3n) is 4.03. The van der Waals surface area contributed by atoms with Crippen LogP contribution in [0.5, 0.6) is 5.75 Å². The molecule has 1 heterocycles. The predicted octanol–water partition coefficient (Wildman–Crippen LogP) is 4.13. The lowest BCUT2D eigenvalue weighted by Crippen LogP contribution is -2.16. The van der Waals surface area contributed by atoms with Crippen molar-refractivity contribution in [2.45, 2.75) is 54.0 Å². The fourth-order valence-electron chi connectivity index (χ4n) is 2.78. The lowest BCUT2D eigenvalue weighted by atomic mass is 10.1. The highest BCUT2D eigenvalue weighted by molar-refractivity contribution is 5.93. The van der Waals surface area contributed by atoms with Gasteiger partial charge >= 0.3 is 0 Å². The molecular formula is C20H29N3O2. The summed E-state index contributed by atoms with van der Waals surface area (Å²) in [6.07, 6.45) is 1.24.